The van der Waals surface area contributed by atoms with Gasteiger partial charge in [-0.25, -0.2) is 0 Å². The summed E-state index contributed by atoms with van der Waals surface area (Å²) in [5.74, 6) is 0. The number of hydrogen-bond donors (Lipinski definition) is 1. The predicted octanol–water partition coefficient (Wildman–Crippen LogP) is 1.42. The highest BCUT2D eigenvalue weighted by molar-refractivity contribution is 5.81. The van der Waals surface area contributed by atoms with Crippen LogP contribution in [0.15, 0.2) is 36.7 Å². The number of aromatic amines is 1. The number of aromatic nitrogens is 2. The summed E-state index contributed by atoms with van der Waals surface area (Å²) in [5, 5.41) is 0. The molecule has 0 fully saturated rings. The Morgan fingerprint density at radius 2 is 2.00 bits per heavy atom. The van der Waals surface area contributed by atoms with E-state index in [1.807, 2.05) is 18.2 Å². The van der Waals surface area contributed by atoms with Crippen LogP contribution in [0.4, 0.5) is 0 Å². The fourth-order valence-corrected chi connectivity index (χ4v) is 1.53. The Hall–Kier alpha value is -2.10. The van der Waals surface area contributed by atoms with Crippen molar-refractivity contribution in [2.45, 2.75) is 6.04 Å². The average Bonchev–Trinajstić information content (AvgIpc) is 2.88. The first-order valence-corrected chi connectivity index (χ1v) is 4.58. The molecule has 2 aromatic heterocycles. The zero-order valence-electron chi connectivity index (χ0n) is 7.96. The number of rotatable bonds is 4. The first-order valence-electron chi connectivity index (χ1n) is 4.58. The molecule has 1 N–H and O–H groups in total. The van der Waals surface area contributed by atoms with Crippen molar-refractivity contribution in [3.05, 3.63) is 36.7 Å². The molecule has 0 bridgehead atoms. The molecule has 0 radical (unpaired) electrons. The third kappa shape index (κ3) is 1.61. The molecule has 0 unspecified atom stereocenters. The Morgan fingerprint density at radius 1 is 1.20 bits per heavy atom. The number of carbonyl (C=O) groups excluding carboxylic acids is 2. The molecule has 2 aromatic rings. The van der Waals surface area contributed by atoms with Gasteiger partial charge in [0.25, 0.3) is 0 Å². The van der Waals surface area contributed by atoms with Crippen LogP contribution in [0.5, 0.6) is 0 Å². The van der Waals surface area contributed by atoms with Crippen molar-refractivity contribution < 1.29 is 9.59 Å². The SMILES string of the molecule is O=CC(C=O)n1cccc1-c1ccc[nH]1. The number of aldehydes is 2. The molecule has 0 saturated carbocycles. The fourth-order valence-electron chi connectivity index (χ4n) is 1.53. The van der Waals surface area contributed by atoms with E-state index >= 15 is 0 Å². The van der Waals surface area contributed by atoms with E-state index in [0.717, 1.165) is 11.4 Å². The van der Waals surface area contributed by atoms with Crippen LogP contribution >= 0.6 is 0 Å². The summed E-state index contributed by atoms with van der Waals surface area (Å²) in [7, 11) is 0. The molecular formula is C11H10N2O2. The highest BCUT2D eigenvalue weighted by atomic mass is 16.1. The summed E-state index contributed by atoms with van der Waals surface area (Å²) in [6, 6.07) is 6.66. The van der Waals surface area contributed by atoms with Crippen molar-refractivity contribution in [2.75, 3.05) is 0 Å². The summed E-state index contributed by atoms with van der Waals surface area (Å²) in [4.78, 5) is 24.4. The van der Waals surface area contributed by atoms with Crippen molar-refractivity contribution in [2.24, 2.45) is 0 Å². The van der Waals surface area contributed by atoms with Crippen LogP contribution in [-0.2, 0) is 9.59 Å². The summed E-state index contributed by atoms with van der Waals surface area (Å²) in [6.07, 6.45) is 4.76. The topological polar surface area (TPSA) is 54.9 Å². The van der Waals surface area contributed by atoms with Gasteiger partial charge < -0.3 is 19.1 Å². The maximum atomic E-state index is 10.7. The molecule has 0 saturated heterocycles. The number of nitrogens with zero attached hydrogens (tertiary/aromatic N) is 1. The zero-order chi connectivity index (χ0) is 10.7. The maximum absolute atomic E-state index is 10.7. The predicted molar refractivity (Wildman–Crippen MR) is 55.4 cm³/mol. The average molecular weight is 202 g/mol. The third-order valence-corrected chi connectivity index (χ3v) is 2.25. The van der Waals surface area contributed by atoms with Gasteiger partial charge in [-0.2, -0.15) is 0 Å². The lowest BCUT2D eigenvalue weighted by molar-refractivity contribution is -0.118. The van der Waals surface area contributed by atoms with Crippen LogP contribution < -0.4 is 0 Å². The highest BCUT2D eigenvalue weighted by Gasteiger charge is 2.12. The standard InChI is InChI=1S/C11H10N2O2/c14-7-9(8-15)13-6-2-4-11(13)10-3-1-5-12-10/h1-9,12H. The van der Waals surface area contributed by atoms with Gasteiger partial charge in [0.15, 0.2) is 0 Å². The van der Waals surface area contributed by atoms with Gasteiger partial charge in [0, 0.05) is 12.4 Å². The summed E-state index contributed by atoms with van der Waals surface area (Å²) in [5.41, 5.74) is 1.71. The molecule has 0 aliphatic heterocycles. The molecule has 0 aliphatic carbocycles. The number of nitrogens with one attached hydrogen (secondary N) is 1. The minimum atomic E-state index is -0.752. The molecule has 2 rings (SSSR count). The van der Waals surface area contributed by atoms with Crippen LogP contribution in [0.3, 0.4) is 0 Å². The van der Waals surface area contributed by atoms with Crippen molar-refractivity contribution in [1.29, 1.82) is 0 Å². The summed E-state index contributed by atoms with van der Waals surface area (Å²) < 4.78 is 1.63. The van der Waals surface area contributed by atoms with Crippen LogP contribution in [0.25, 0.3) is 11.4 Å². The maximum Gasteiger partial charge on any atom is 0.150 e. The minimum Gasteiger partial charge on any atom is -0.360 e. The fraction of sp³-hybridized carbons (Fsp3) is 0.0909. The van der Waals surface area contributed by atoms with Crippen LogP contribution in [-0.4, -0.2) is 22.1 Å². The normalized spacial score (nSPS) is 10.5. The highest BCUT2D eigenvalue weighted by Crippen LogP contribution is 2.20. The van der Waals surface area contributed by atoms with Crippen molar-refractivity contribution in [1.82, 2.24) is 9.55 Å². The minimum absolute atomic E-state index is 0.624. The second-order valence-corrected chi connectivity index (χ2v) is 3.15. The number of hydrogen-bond acceptors (Lipinski definition) is 2. The molecule has 2 heterocycles. The molecule has 0 spiro atoms. The smallest absolute Gasteiger partial charge is 0.150 e. The Kier molecular flexibility index (Phi) is 2.49. The monoisotopic (exact) mass is 202 g/mol. The van der Waals surface area contributed by atoms with E-state index in [1.54, 1.807) is 23.0 Å². The third-order valence-electron chi connectivity index (χ3n) is 2.25. The Labute approximate surface area is 86.5 Å². The van der Waals surface area contributed by atoms with Gasteiger partial charge in [-0.15, -0.1) is 0 Å². The van der Waals surface area contributed by atoms with Gasteiger partial charge in [0.2, 0.25) is 0 Å². The van der Waals surface area contributed by atoms with Crippen molar-refractivity contribution >= 4 is 12.6 Å². The molecule has 0 amide bonds. The largest absolute Gasteiger partial charge is 0.360 e. The van der Waals surface area contributed by atoms with E-state index < -0.39 is 6.04 Å². The molecular weight excluding hydrogens is 192 g/mol. The van der Waals surface area contributed by atoms with Gasteiger partial charge in [0.05, 0.1) is 11.4 Å². The second-order valence-electron chi connectivity index (χ2n) is 3.15. The van der Waals surface area contributed by atoms with E-state index in [1.165, 1.54) is 0 Å². The quantitative estimate of drug-likeness (QED) is 0.602. The summed E-state index contributed by atoms with van der Waals surface area (Å²) in [6.45, 7) is 0. The van der Waals surface area contributed by atoms with Crippen LogP contribution in [0.1, 0.15) is 6.04 Å². The van der Waals surface area contributed by atoms with E-state index in [-0.39, 0.29) is 0 Å². The lowest BCUT2D eigenvalue weighted by Crippen LogP contribution is -2.11. The summed E-state index contributed by atoms with van der Waals surface area (Å²) >= 11 is 0. The van der Waals surface area contributed by atoms with Crippen LogP contribution in [0.2, 0.25) is 0 Å². The van der Waals surface area contributed by atoms with Gasteiger partial charge in [-0.05, 0) is 24.3 Å². The van der Waals surface area contributed by atoms with Crippen LogP contribution in [0, 0.1) is 0 Å². The van der Waals surface area contributed by atoms with Gasteiger partial charge in [-0.1, -0.05) is 0 Å². The van der Waals surface area contributed by atoms with Gasteiger partial charge in [0.1, 0.15) is 18.6 Å². The Bertz CT molecular complexity index is 449. The lowest BCUT2D eigenvalue weighted by atomic mass is 10.3. The molecule has 0 atom stereocenters. The first kappa shape index (κ1) is 9.45. The number of H-pyrrole nitrogens is 1. The van der Waals surface area contributed by atoms with E-state index in [9.17, 15) is 9.59 Å². The van der Waals surface area contributed by atoms with Crippen molar-refractivity contribution in [3.8, 4) is 11.4 Å². The first-order chi connectivity index (χ1) is 7.36. The molecule has 0 aliphatic rings. The van der Waals surface area contributed by atoms with Gasteiger partial charge >= 0.3 is 0 Å². The molecule has 4 heteroatoms. The van der Waals surface area contributed by atoms with Gasteiger partial charge in [-0.3, -0.25) is 0 Å². The molecule has 4 nitrogen and oxygen atoms in total. The van der Waals surface area contributed by atoms with E-state index in [4.69, 9.17) is 0 Å². The molecule has 0 aromatic carbocycles. The van der Waals surface area contributed by atoms with E-state index in [2.05, 4.69) is 4.98 Å². The Morgan fingerprint density at radius 3 is 2.60 bits per heavy atom. The van der Waals surface area contributed by atoms with E-state index in [0.29, 0.717) is 12.6 Å². The molecule has 76 valence electrons. The van der Waals surface area contributed by atoms with Crippen molar-refractivity contribution in [3.63, 3.8) is 0 Å². The zero-order valence-corrected chi connectivity index (χ0v) is 7.96. The Balaban J connectivity index is 2.46. The second kappa shape index (κ2) is 3.96. The lowest BCUT2D eigenvalue weighted by Gasteiger charge is -2.09. The number of carbonyl (C=O) groups is 2. The molecule has 15 heavy (non-hydrogen) atoms.